The molecule has 4 aromatic rings. The highest BCUT2D eigenvalue weighted by molar-refractivity contribution is 5.89. The number of hydrogen-bond donors (Lipinski definition) is 1. The van der Waals surface area contributed by atoms with E-state index in [9.17, 15) is 4.79 Å². The topological polar surface area (TPSA) is 87.0 Å². The average molecular weight is 404 g/mol. The highest BCUT2D eigenvalue weighted by atomic mass is 16.5. The van der Waals surface area contributed by atoms with E-state index in [1.54, 1.807) is 44.7 Å². The number of carbonyl (C=O) groups is 1. The van der Waals surface area contributed by atoms with Gasteiger partial charge in [0.2, 0.25) is 5.95 Å². The lowest BCUT2D eigenvalue weighted by molar-refractivity contribution is 0.0601. The van der Waals surface area contributed by atoms with Gasteiger partial charge in [0.1, 0.15) is 5.65 Å². The molecule has 2 aromatic carbocycles. The summed E-state index contributed by atoms with van der Waals surface area (Å²) in [6.45, 7) is 0. The lowest BCUT2D eigenvalue weighted by Gasteiger charge is -2.12. The summed E-state index contributed by atoms with van der Waals surface area (Å²) in [5, 5.41) is 3.28. The van der Waals surface area contributed by atoms with Gasteiger partial charge in [0.25, 0.3) is 0 Å². The number of rotatable bonds is 6. The summed E-state index contributed by atoms with van der Waals surface area (Å²) in [6.07, 6.45) is 3.53. The van der Waals surface area contributed by atoms with Gasteiger partial charge in [-0.2, -0.15) is 0 Å². The number of hydrogen-bond acceptors (Lipinski definition) is 7. The fourth-order valence-corrected chi connectivity index (χ4v) is 3.09. The Hall–Kier alpha value is -4.07. The van der Waals surface area contributed by atoms with Crippen molar-refractivity contribution in [3.63, 3.8) is 0 Å². The zero-order valence-corrected chi connectivity index (χ0v) is 16.7. The number of methoxy groups -OCH3 is 3. The van der Waals surface area contributed by atoms with Crippen molar-refractivity contribution in [2.24, 2.45) is 0 Å². The van der Waals surface area contributed by atoms with Gasteiger partial charge in [-0.15, -0.1) is 0 Å². The molecular formula is C22H20N4O4. The van der Waals surface area contributed by atoms with E-state index in [1.165, 1.54) is 7.11 Å². The Balaban J connectivity index is 1.72. The molecule has 8 heteroatoms. The van der Waals surface area contributed by atoms with Crippen LogP contribution < -0.4 is 14.8 Å². The zero-order chi connectivity index (χ0) is 21.1. The summed E-state index contributed by atoms with van der Waals surface area (Å²) in [4.78, 5) is 20.8. The van der Waals surface area contributed by atoms with Crippen LogP contribution in [0.1, 0.15) is 10.4 Å². The van der Waals surface area contributed by atoms with Crippen LogP contribution >= 0.6 is 0 Å². The highest BCUT2D eigenvalue weighted by Crippen LogP contribution is 2.32. The lowest BCUT2D eigenvalue weighted by Crippen LogP contribution is -2.04. The second-order valence-corrected chi connectivity index (χ2v) is 6.38. The fraction of sp³-hybridized carbons (Fsp3) is 0.136. The second-order valence-electron chi connectivity index (χ2n) is 6.38. The fourth-order valence-electron chi connectivity index (χ4n) is 3.09. The Morgan fingerprint density at radius 2 is 1.73 bits per heavy atom. The van der Waals surface area contributed by atoms with E-state index in [-0.39, 0.29) is 5.97 Å². The van der Waals surface area contributed by atoms with E-state index in [1.807, 2.05) is 34.9 Å². The number of fused-ring (bicyclic) bond motifs is 1. The van der Waals surface area contributed by atoms with Crippen LogP contribution in [0.2, 0.25) is 0 Å². The third kappa shape index (κ3) is 3.62. The number of aromatic nitrogens is 3. The predicted molar refractivity (Wildman–Crippen MR) is 113 cm³/mol. The normalized spacial score (nSPS) is 10.6. The molecule has 0 radical (unpaired) electrons. The van der Waals surface area contributed by atoms with E-state index in [0.29, 0.717) is 23.0 Å². The van der Waals surface area contributed by atoms with Gasteiger partial charge < -0.3 is 19.5 Å². The van der Waals surface area contributed by atoms with Crippen molar-refractivity contribution in [1.29, 1.82) is 0 Å². The molecule has 1 N–H and O–H groups in total. The van der Waals surface area contributed by atoms with Gasteiger partial charge in [-0.1, -0.05) is 0 Å². The Morgan fingerprint density at radius 3 is 2.43 bits per heavy atom. The molecule has 30 heavy (non-hydrogen) atoms. The van der Waals surface area contributed by atoms with E-state index in [2.05, 4.69) is 10.3 Å². The molecule has 2 heterocycles. The first-order valence-corrected chi connectivity index (χ1v) is 9.15. The SMILES string of the molecule is COC(=O)c1ccc(Nc2nc(-c3ccc(OC)c(OC)c3)cc3nccn23)cc1. The first-order chi connectivity index (χ1) is 14.6. The van der Waals surface area contributed by atoms with Gasteiger partial charge in [-0.05, 0) is 42.5 Å². The Kier molecular flexibility index (Phi) is 5.21. The average Bonchev–Trinajstić information content (AvgIpc) is 3.27. The molecule has 0 unspecified atom stereocenters. The van der Waals surface area contributed by atoms with Crippen molar-refractivity contribution in [3.8, 4) is 22.8 Å². The first-order valence-electron chi connectivity index (χ1n) is 9.15. The maximum absolute atomic E-state index is 11.6. The standard InChI is InChI=1S/C22H20N4O4/c1-28-18-9-6-15(12-19(18)29-2)17-13-20-23-10-11-26(20)22(25-17)24-16-7-4-14(5-8-16)21(27)30-3/h4-13H,1-3H3,(H,24,25). The number of nitrogens with one attached hydrogen (secondary N) is 1. The van der Waals surface area contributed by atoms with Crippen LogP contribution in [0.3, 0.4) is 0 Å². The molecule has 0 saturated carbocycles. The van der Waals surface area contributed by atoms with E-state index < -0.39 is 0 Å². The summed E-state index contributed by atoms with van der Waals surface area (Å²) >= 11 is 0. The van der Waals surface area contributed by atoms with Crippen molar-refractivity contribution in [1.82, 2.24) is 14.4 Å². The molecule has 0 saturated heterocycles. The predicted octanol–water partition coefficient (Wildman–Crippen LogP) is 3.94. The number of imidazole rings is 1. The van der Waals surface area contributed by atoms with Crippen LogP contribution in [0.25, 0.3) is 16.9 Å². The van der Waals surface area contributed by atoms with Crippen LogP contribution in [0.5, 0.6) is 11.5 Å². The molecule has 0 atom stereocenters. The van der Waals surface area contributed by atoms with Gasteiger partial charge in [-0.3, -0.25) is 4.40 Å². The van der Waals surface area contributed by atoms with Gasteiger partial charge in [0, 0.05) is 29.7 Å². The maximum Gasteiger partial charge on any atom is 0.337 e. The van der Waals surface area contributed by atoms with Crippen LogP contribution in [0.15, 0.2) is 60.9 Å². The van der Waals surface area contributed by atoms with E-state index in [4.69, 9.17) is 19.2 Å². The third-order valence-corrected chi connectivity index (χ3v) is 4.63. The Bertz CT molecular complexity index is 1200. The van der Waals surface area contributed by atoms with Crippen LogP contribution in [-0.4, -0.2) is 41.7 Å². The summed E-state index contributed by atoms with van der Waals surface area (Å²) < 4.78 is 17.3. The largest absolute Gasteiger partial charge is 0.493 e. The Morgan fingerprint density at radius 1 is 0.967 bits per heavy atom. The molecule has 0 aliphatic carbocycles. The minimum absolute atomic E-state index is 0.382. The van der Waals surface area contributed by atoms with Crippen LogP contribution in [-0.2, 0) is 4.74 Å². The molecular weight excluding hydrogens is 384 g/mol. The molecule has 4 rings (SSSR count). The molecule has 0 aliphatic rings. The van der Waals surface area contributed by atoms with Gasteiger partial charge >= 0.3 is 5.97 Å². The molecule has 0 bridgehead atoms. The van der Waals surface area contributed by atoms with Crippen molar-refractivity contribution in [3.05, 3.63) is 66.5 Å². The van der Waals surface area contributed by atoms with Gasteiger partial charge in [-0.25, -0.2) is 14.8 Å². The van der Waals surface area contributed by atoms with Gasteiger partial charge in [0.05, 0.1) is 32.6 Å². The van der Waals surface area contributed by atoms with Gasteiger partial charge in [0.15, 0.2) is 11.5 Å². The minimum atomic E-state index is -0.382. The smallest absolute Gasteiger partial charge is 0.337 e. The number of nitrogens with zero attached hydrogens (tertiary/aromatic N) is 3. The summed E-state index contributed by atoms with van der Waals surface area (Å²) in [5.41, 5.74) is 3.58. The van der Waals surface area contributed by atoms with Crippen molar-refractivity contribution in [2.75, 3.05) is 26.6 Å². The maximum atomic E-state index is 11.6. The minimum Gasteiger partial charge on any atom is -0.493 e. The number of ether oxygens (including phenoxy) is 3. The molecule has 0 fully saturated rings. The Labute approximate surface area is 173 Å². The van der Waals surface area contributed by atoms with Crippen molar-refractivity contribution in [2.45, 2.75) is 0 Å². The summed E-state index contributed by atoms with van der Waals surface area (Å²) in [5.74, 6) is 1.47. The first kappa shape index (κ1) is 19.3. The molecule has 8 nitrogen and oxygen atoms in total. The molecule has 0 amide bonds. The van der Waals surface area contributed by atoms with Crippen LogP contribution in [0, 0.1) is 0 Å². The summed E-state index contributed by atoms with van der Waals surface area (Å²) in [6, 6.07) is 14.5. The van der Waals surface area contributed by atoms with E-state index in [0.717, 1.165) is 22.6 Å². The molecule has 0 spiro atoms. The van der Waals surface area contributed by atoms with Crippen molar-refractivity contribution >= 4 is 23.3 Å². The molecule has 2 aromatic heterocycles. The number of anilines is 2. The second kappa shape index (κ2) is 8.12. The monoisotopic (exact) mass is 404 g/mol. The lowest BCUT2D eigenvalue weighted by atomic mass is 10.1. The van der Waals surface area contributed by atoms with Crippen molar-refractivity contribution < 1.29 is 19.0 Å². The molecule has 152 valence electrons. The van der Waals surface area contributed by atoms with E-state index >= 15 is 0 Å². The zero-order valence-electron chi connectivity index (χ0n) is 16.7. The third-order valence-electron chi connectivity index (χ3n) is 4.63. The summed E-state index contributed by atoms with van der Waals surface area (Å²) in [7, 11) is 4.55. The number of benzene rings is 2. The van der Waals surface area contributed by atoms with Crippen LogP contribution in [0.4, 0.5) is 11.6 Å². The number of carbonyl (C=O) groups excluding carboxylic acids is 1. The highest BCUT2D eigenvalue weighted by Gasteiger charge is 2.12. The molecule has 0 aliphatic heterocycles. The number of esters is 1. The quantitative estimate of drug-likeness (QED) is 0.487.